The summed E-state index contributed by atoms with van der Waals surface area (Å²) < 4.78 is 5.47. The number of ether oxygens (including phenoxy) is 1. The van der Waals surface area contributed by atoms with Crippen LogP contribution in [0.25, 0.3) is 0 Å². The van der Waals surface area contributed by atoms with Gasteiger partial charge in [-0.2, -0.15) is 0 Å². The van der Waals surface area contributed by atoms with Crippen molar-refractivity contribution in [1.82, 2.24) is 15.5 Å². The number of hydrogen-bond donors (Lipinski definition) is 2. The highest BCUT2D eigenvalue weighted by Gasteiger charge is 2.35. The summed E-state index contributed by atoms with van der Waals surface area (Å²) in [6.45, 7) is 7.95. The third-order valence-electron chi connectivity index (χ3n) is 4.96. The van der Waals surface area contributed by atoms with E-state index in [1.165, 1.54) is 4.88 Å². The number of nitrogens with zero attached hydrogens (tertiary/aromatic N) is 1. The lowest BCUT2D eigenvalue weighted by Crippen LogP contribution is -2.51. The molecule has 2 aliphatic rings. The Bertz CT molecular complexity index is 494. The molecule has 5 nitrogen and oxygen atoms in total. The number of carbonyl (C=O) groups excluding carboxylic acids is 1. The first-order valence-electron chi connectivity index (χ1n) is 8.53. The molecule has 2 saturated heterocycles. The molecule has 2 N–H and O–H groups in total. The third kappa shape index (κ3) is 4.12. The zero-order valence-electron chi connectivity index (χ0n) is 13.8. The minimum absolute atomic E-state index is 0.180. The summed E-state index contributed by atoms with van der Waals surface area (Å²) in [6, 6.07) is 4.51. The van der Waals surface area contributed by atoms with Crippen LogP contribution in [-0.4, -0.2) is 56.7 Å². The molecule has 1 aromatic rings. The molecule has 3 rings (SSSR count). The van der Waals surface area contributed by atoms with Crippen LogP contribution in [0.4, 0.5) is 0 Å². The van der Waals surface area contributed by atoms with Gasteiger partial charge in [-0.25, -0.2) is 0 Å². The SMILES string of the molecule is CC1(C(=O)NCC(c2cccs2)N2CCOCC2)CCCNC1. The number of amides is 1. The Morgan fingerprint density at radius 3 is 3.00 bits per heavy atom. The molecule has 0 aromatic carbocycles. The number of piperidine rings is 1. The van der Waals surface area contributed by atoms with Gasteiger partial charge in [0.25, 0.3) is 0 Å². The molecule has 2 atom stereocenters. The fraction of sp³-hybridized carbons (Fsp3) is 0.706. The van der Waals surface area contributed by atoms with Crippen molar-refractivity contribution in [1.29, 1.82) is 0 Å². The molecule has 1 aromatic heterocycles. The smallest absolute Gasteiger partial charge is 0.227 e. The lowest BCUT2D eigenvalue weighted by molar-refractivity contribution is -0.131. The van der Waals surface area contributed by atoms with Crippen LogP contribution in [0.1, 0.15) is 30.7 Å². The van der Waals surface area contributed by atoms with E-state index in [1.807, 2.05) is 0 Å². The summed E-state index contributed by atoms with van der Waals surface area (Å²) in [5, 5.41) is 8.68. The molecule has 2 aliphatic heterocycles. The van der Waals surface area contributed by atoms with E-state index in [0.29, 0.717) is 6.54 Å². The second-order valence-electron chi connectivity index (χ2n) is 6.73. The van der Waals surface area contributed by atoms with Gasteiger partial charge in [0.05, 0.1) is 24.7 Å². The van der Waals surface area contributed by atoms with E-state index in [2.05, 4.69) is 40.0 Å². The zero-order valence-corrected chi connectivity index (χ0v) is 14.7. The maximum Gasteiger partial charge on any atom is 0.227 e. The van der Waals surface area contributed by atoms with Crippen molar-refractivity contribution >= 4 is 17.2 Å². The van der Waals surface area contributed by atoms with E-state index in [0.717, 1.165) is 52.2 Å². The molecule has 23 heavy (non-hydrogen) atoms. The molecule has 128 valence electrons. The summed E-state index contributed by atoms with van der Waals surface area (Å²) in [5.74, 6) is 0.180. The van der Waals surface area contributed by atoms with Gasteiger partial charge in [0.1, 0.15) is 0 Å². The van der Waals surface area contributed by atoms with Crippen LogP contribution in [0.3, 0.4) is 0 Å². The first kappa shape index (κ1) is 16.9. The van der Waals surface area contributed by atoms with Crippen LogP contribution in [-0.2, 0) is 9.53 Å². The topological polar surface area (TPSA) is 53.6 Å². The van der Waals surface area contributed by atoms with Crippen LogP contribution in [0.2, 0.25) is 0 Å². The Morgan fingerprint density at radius 2 is 2.35 bits per heavy atom. The van der Waals surface area contributed by atoms with E-state index >= 15 is 0 Å². The zero-order chi connectivity index (χ0) is 16.1. The van der Waals surface area contributed by atoms with Crippen LogP contribution in [0.15, 0.2) is 17.5 Å². The number of morpholine rings is 1. The molecule has 0 aliphatic carbocycles. The third-order valence-corrected chi connectivity index (χ3v) is 5.93. The number of thiophene rings is 1. The van der Waals surface area contributed by atoms with Crippen molar-refractivity contribution in [3.63, 3.8) is 0 Å². The van der Waals surface area contributed by atoms with Gasteiger partial charge in [0, 0.05) is 31.1 Å². The van der Waals surface area contributed by atoms with Crippen molar-refractivity contribution in [2.75, 3.05) is 45.9 Å². The van der Waals surface area contributed by atoms with E-state index in [9.17, 15) is 4.79 Å². The van der Waals surface area contributed by atoms with Crippen LogP contribution in [0, 0.1) is 5.41 Å². The fourth-order valence-electron chi connectivity index (χ4n) is 3.43. The minimum Gasteiger partial charge on any atom is -0.379 e. The van der Waals surface area contributed by atoms with Crippen LogP contribution < -0.4 is 10.6 Å². The van der Waals surface area contributed by atoms with Gasteiger partial charge in [-0.3, -0.25) is 9.69 Å². The van der Waals surface area contributed by atoms with Crippen molar-refractivity contribution in [2.24, 2.45) is 5.41 Å². The Morgan fingerprint density at radius 1 is 1.52 bits per heavy atom. The molecule has 2 unspecified atom stereocenters. The maximum atomic E-state index is 12.7. The summed E-state index contributed by atoms with van der Waals surface area (Å²) in [6.07, 6.45) is 2.04. The number of carbonyl (C=O) groups is 1. The number of nitrogens with one attached hydrogen (secondary N) is 2. The lowest BCUT2D eigenvalue weighted by Gasteiger charge is -2.36. The van der Waals surface area contributed by atoms with Gasteiger partial charge in [-0.05, 0) is 37.8 Å². The van der Waals surface area contributed by atoms with E-state index < -0.39 is 0 Å². The molecule has 0 saturated carbocycles. The highest BCUT2D eigenvalue weighted by Crippen LogP contribution is 2.28. The average molecular weight is 337 g/mol. The van der Waals surface area contributed by atoms with E-state index in [4.69, 9.17) is 4.74 Å². The van der Waals surface area contributed by atoms with Crippen molar-refractivity contribution < 1.29 is 9.53 Å². The molecule has 0 radical (unpaired) electrons. The largest absolute Gasteiger partial charge is 0.379 e. The standard InChI is InChI=1S/C17H27N3O2S/c1-17(5-3-6-18-13-17)16(21)19-12-14(15-4-2-11-23-15)20-7-9-22-10-8-20/h2,4,11,14,18H,3,5-10,12-13H2,1H3,(H,19,21). The maximum absolute atomic E-state index is 12.7. The monoisotopic (exact) mass is 337 g/mol. The molecule has 0 bridgehead atoms. The van der Waals surface area contributed by atoms with Gasteiger partial charge >= 0.3 is 0 Å². The normalized spacial score (nSPS) is 27.5. The lowest BCUT2D eigenvalue weighted by atomic mass is 9.82. The molecule has 2 fully saturated rings. The molecule has 6 heteroatoms. The minimum atomic E-state index is -0.275. The average Bonchev–Trinajstić information content (AvgIpc) is 3.11. The predicted octanol–water partition coefficient (Wildman–Crippen LogP) is 1.63. The molecule has 0 spiro atoms. The van der Waals surface area contributed by atoms with Crippen molar-refractivity contribution in [2.45, 2.75) is 25.8 Å². The van der Waals surface area contributed by atoms with E-state index in [1.54, 1.807) is 11.3 Å². The van der Waals surface area contributed by atoms with Crippen LogP contribution >= 0.6 is 11.3 Å². The number of rotatable bonds is 5. The Kier molecular flexibility index (Phi) is 5.69. The summed E-state index contributed by atoms with van der Waals surface area (Å²) in [4.78, 5) is 16.4. The molecule has 3 heterocycles. The summed E-state index contributed by atoms with van der Waals surface area (Å²) in [5.41, 5.74) is -0.275. The molecular formula is C17H27N3O2S. The van der Waals surface area contributed by atoms with Crippen LogP contribution in [0.5, 0.6) is 0 Å². The van der Waals surface area contributed by atoms with Crippen molar-refractivity contribution in [3.8, 4) is 0 Å². The summed E-state index contributed by atoms with van der Waals surface area (Å²) >= 11 is 1.76. The highest BCUT2D eigenvalue weighted by molar-refractivity contribution is 7.10. The van der Waals surface area contributed by atoms with Gasteiger partial charge in [0.15, 0.2) is 0 Å². The number of hydrogen-bond acceptors (Lipinski definition) is 5. The summed E-state index contributed by atoms with van der Waals surface area (Å²) in [7, 11) is 0. The van der Waals surface area contributed by atoms with E-state index in [-0.39, 0.29) is 17.4 Å². The fourth-order valence-corrected chi connectivity index (χ4v) is 4.29. The second kappa shape index (κ2) is 7.75. The van der Waals surface area contributed by atoms with Gasteiger partial charge in [-0.1, -0.05) is 6.07 Å². The Hall–Kier alpha value is -0.950. The second-order valence-corrected chi connectivity index (χ2v) is 7.71. The van der Waals surface area contributed by atoms with Gasteiger partial charge in [0.2, 0.25) is 5.91 Å². The highest BCUT2D eigenvalue weighted by atomic mass is 32.1. The molecular weight excluding hydrogens is 310 g/mol. The first-order valence-corrected chi connectivity index (χ1v) is 9.41. The first-order chi connectivity index (χ1) is 11.2. The van der Waals surface area contributed by atoms with Gasteiger partial charge in [-0.15, -0.1) is 11.3 Å². The Labute approximate surface area is 142 Å². The Balaban J connectivity index is 1.63. The molecule has 1 amide bonds. The van der Waals surface area contributed by atoms with Gasteiger partial charge < -0.3 is 15.4 Å². The van der Waals surface area contributed by atoms with Crippen molar-refractivity contribution in [3.05, 3.63) is 22.4 Å². The predicted molar refractivity (Wildman–Crippen MR) is 92.7 cm³/mol. The quantitative estimate of drug-likeness (QED) is 0.857.